The van der Waals surface area contributed by atoms with E-state index in [9.17, 15) is 9.59 Å². The second-order valence-corrected chi connectivity index (χ2v) is 6.76. The summed E-state index contributed by atoms with van der Waals surface area (Å²) in [6, 6.07) is 6.69. The van der Waals surface area contributed by atoms with Crippen molar-refractivity contribution in [1.29, 1.82) is 0 Å². The van der Waals surface area contributed by atoms with E-state index in [1.807, 2.05) is 25.6 Å². The first kappa shape index (κ1) is 19.1. The van der Waals surface area contributed by atoms with Crippen molar-refractivity contribution in [2.24, 2.45) is 7.05 Å². The van der Waals surface area contributed by atoms with E-state index in [-0.39, 0.29) is 24.3 Å². The van der Waals surface area contributed by atoms with Gasteiger partial charge in [-0.25, -0.2) is 0 Å². The number of Topliss-reactive ketones (excluding diaryl/α,β-unsaturated/α-hetero) is 1. The molecule has 7 heteroatoms. The van der Waals surface area contributed by atoms with Crippen LogP contribution in [-0.2, 0) is 16.6 Å². The number of rotatable bonds is 5. The van der Waals surface area contributed by atoms with E-state index >= 15 is 0 Å². The Balaban J connectivity index is 1.74. The maximum absolute atomic E-state index is 12.9. The van der Waals surface area contributed by atoms with E-state index < -0.39 is 0 Å². The first-order chi connectivity index (χ1) is 12.9. The van der Waals surface area contributed by atoms with Crippen LogP contribution in [0.15, 0.2) is 24.3 Å². The molecule has 1 fully saturated rings. The summed E-state index contributed by atoms with van der Waals surface area (Å²) in [5.41, 5.74) is 3.52. The largest absolute Gasteiger partial charge is 0.484 e. The van der Waals surface area contributed by atoms with Crippen LogP contribution in [0.25, 0.3) is 0 Å². The van der Waals surface area contributed by atoms with Gasteiger partial charge in [-0.2, -0.15) is 5.10 Å². The highest BCUT2D eigenvalue weighted by molar-refractivity contribution is 5.94. The van der Waals surface area contributed by atoms with Gasteiger partial charge < -0.3 is 14.4 Å². The maximum Gasteiger partial charge on any atom is 0.261 e. The van der Waals surface area contributed by atoms with Crippen molar-refractivity contribution in [3.05, 3.63) is 46.8 Å². The molecule has 0 saturated carbocycles. The van der Waals surface area contributed by atoms with E-state index in [0.29, 0.717) is 31.1 Å². The average molecular weight is 371 g/mol. The van der Waals surface area contributed by atoms with Crippen LogP contribution in [0.2, 0.25) is 0 Å². The highest BCUT2D eigenvalue weighted by Gasteiger charge is 2.32. The van der Waals surface area contributed by atoms with Gasteiger partial charge in [0.1, 0.15) is 5.75 Å². The number of carbonyl (C=O) groups is 2. The molecule has 0 spiro atoms. The zero-order valence-electron chi connectivity index (χ0n) is 16.2. The molecule has 2 aromatic rings. The molecule has 3 rings (SSSR count). The van der Waals surface area contributed by atoms with Gasteiger partial charge in [-0.05, 0) is 32.9 Å². The van der Waals surface area contributed by atoms with Crippen LogP contribution >= 0.6 is 0 Å². The highest BCUT2D eigenvalue weighted by Crippen LogP contribution is 2.29. The second kappa shape index (κ2) is 7.92. The molecule has 1 aliphatic rings. The second-order valence-electron chi connectivity index (χ2n) is 6.76. The van der Waals surface area contributed by atoms with Gasteiger partial charge in [0, 0.05) is 30.4 Å². The maximum atomic E-state index is 12.9. The fraction of sp³-hybridized carbons (Fsp3) is 0.450. The first-order valence-corrected chi connectivity index (χ1v) is 8.99. The van der Waals surface area contributed by atoms with Crippen molar-refractivity contribution in [2.75, 3.05) is 26.4 Å². The predicted molar refractivity (Wildman–Crippen MR) is 99.9 cm³/mol. The van der Waals surface area contributed by atoms with Gasteiger partial charge in [-0.3, -0.25) is 14.3 Å². The van der Waals surface area contributed by atoms with Gasteiger partial charge in [0.15, 0.2) is 12.4 Å². The summed E-state index contributed by atoms with van der Waals surface area (Å²) in [5, 5.41) is 4.46. The number of aromatic nitrogens is 2. The van der Waals surface area contributed by atoms with Gasteiger partial charge in [0.25, 0.3) is 5.91 Å². The van der Waals surface area contributed by atoms with Crippen molar-refractivity contribution in [3.8, 4) is 5.75 Å². The number of carbonyl (C=O) groups excluding carboxylic acids is 2. The predicted octanol–water partition coefficient (Wildman–Crippen LogP) is 2.22. The number of morpholine rings is 1. The Morgan fingerprint density at radius 1 is 1.33 bits per heavy atom. The van der Waals surface area contributed by atoms with E-state index in [2.05, 4.69) is 5.10 Å². The molecule has 1 amide bonds. The summed E-state index contributed by atoms with van der Waals surface area (Å²) >= 11 is 0. The van der Waals surface area contributed by atoms with Crippen LogP contribution in [-0.4, -0.2) is 52.7 Å². The lowest BCUT2D eigenvalue weighted by Gasteiger charge is -2.36. The van der Waals surface area contributed by atoms with E-state index in [0.717, 1.165) is 17.0 Å². The number of amides is 1. The monoisotopic (exact) mass is 371 g/mol. The molecule has 1 aromatic carbocycles. The summed E-state index contributed by atoms with van der Waals surface area (Å²) in [4.78, 5) is 26.2. The third-order valence-electron chi connectivity index (χ3n) is 4.95. The van der Waals surface area contributed by atoms with Crippen LogP contribution in [0.5, 0.6) is 5.75 Å². The molecule has 27 heavy (non-hydrogen) atoms. The molecule has 1 aromatic heterocycles. The average Bonchev–Trinajstić information content (AvgIpc) is 2.91. The lowest BCUT2D eigenvalue weighted by molar-refractivity contribution is -0.142. The molecule has 0 aliphatic carbocycles. The highest BCUT2D eigenvalue weighted by atomic mass is 16.5. The zero-order valence-corrected chi connectivity index (χ0v) is 16.2. The Kier molecular flexibility index (Phi) is 5.60. The fourth-order valence-electron chi connectivity index (χ4n) is 3.45. The minimum atomic E-state index is -0.174. The third-order valence-corrected chi connectivity index (χ3v) is 4.95. The molecular formula is C20H25N3O4. The standard InChI is InChI=1S/C20H25N3O4/c1-13-20(14(2)22(4)21-13)18-11-26-9-8-23(18)19(25)12-27-17-7-5-6-16(10-17)15(3)24/h5-7,10,18H,8-9,11-12H2,1-4H3/t18-/m1/s1. The SMILES string of the molecule is CC(=O)c1cccc(OCC(=O)N2CCOC[C@@H]2c2c(C)nn(C)c2C)c1. The van der Waals surface area contributed by atoms with Crippen molar-refractivity contribution in [2.45, 2.75) is 26.8 Å². The van der Waals surface area contributed by atoms with E-state index in [1.54, 1.807) is 29.2 Å². The van der Waals surface area contributed by atoms with Crippen molar-refractivity contribution in [1.82, 2.24) is 14.7 Å². The Bertz CT molecular complexity index is 859. The van der Waals surface area contributed by atoms with Crippen LogP contribution in [0, 0.1) is 13.8 Å². The number of hydrogen-bond acceptors (Lipinski definition) is 5. The van der Waals surface area contributed by atoms with Crippen molar-refractivity contribution >= 4 is 11.7 Å². The molecule has 1 atom stereocenters. The van der Waals surface area contributed by atoms with Crippen molar-refractivity contribution in [3.63, 3.8) is 0 Å². The number of nitrogens with zero attached hydrogens (tertiary/aromatic N) is 3. The number of benzene rings is 1. The topological polar surface area (TPSA) is 73.7 Å². The molecule has 1 saturated heterocycles. The van der Waals surface area contributed by atoms with Gasteiger partial charge >= 0.3 is 0 Å². The zero-order chi connectivity index (χ0) is 19.6. The molecule has 0 unspecified atom stereocenters. The number of hydrogen-bond donors (Lipinski definition) is 0. The lowest BCUT2D eigenvalue weighted by Crippen LogP contribution is -2.45. The number of ether oxygens (including phenoxy) is 2. The smallest absolute Gasteiger partial charge is 0.261 e. The molecule has 0 bridgehead atoms. The summed E-state index contributed by atoms with van der Waals surface area (Å²) < 4.78 is 13.1. The van der Waals surface area contributed by atoms with E-state index in [4.69, 9.17) is 9.47 Å². The quantitative estimate of drug-likeness (QED) is 0.754. The van der Waals surface area contributed by atoms with E-state index in [1.165, 1.54) is 6.92 Å². The van der Waals surface area contributed by atoms with Gasteiger partial charge in [0.05, 0.1) is 24.9 Å². The summed E-state index contributed by atoms with van der Waals surface area (Å²) in [7, 11) is 1.90. The summed E-state index contributed by atoms with van der Waals surface area (Å²) in [6.45, 7) is 6.81. The molecule has 1 aliphatic heterocycles. The summed E-state index contributed by atoms with van der Waals surface area (Å²) in [6.07, 6.45) is 0. The van der Waals surface area contributed by atoms with Crippen LogP contribution in [0.4, 0.5) is 0 Å². The Morgan fingerprint density at radius 2 is 2.11 bits per heavy atom. The lowest BCUT2D eigenvalue weighted by atomic mass is 10.0. The molecule has 0 radical (unpaired) electrons. The van der Waals surface area contributed by atoms with Gasteiger partial charge in [-0.1, -0.05) is 12.1 Å². The minimum absolute atomic E-state index is 0.0393. The van der Waals surface area contributed by atoms with Crippen LogP contribution in [0.3, 0.4) is 0 Å². The summed E-state index contributed by atoms with van der Waals surface area (Å²) in [5.74, 6) is 0.358. The molecule has 7 nitrogen and oxygen atoms in total. The first-order valence-electron chi connectivity index (χ1n) is 8.99. The van der Waals surface area contributed by atoms with Crippen LogP contribution in [0.1, 0.15) is 40.3 Å². The number of ketones is 1. The third kappa shape index (κ3) is 4.03. The molecule has 2 heterocycles. The van der Waals surface area contributed by atoms with Gasteiger partial charge in [-0.15, -0.1) is 0 Å². The Labute approximate surface area is 158 Å². The Hall–Kier alpha value is -2.67. The fourth-order valence-corrected chi connectivity index (χ4v) is 3.45. The normalized spacial score (nSPS) is 17.0. The number of aryl methyl sites for hydroxylation is 2. The minimum Gasteiger partial charge on any atom is -0.484 e. The van der Waals surface area contributed by atoms with Crippen molar-refractivity contribution < 1.29 is 19.1 Å². The van der Waals surface area contributed by atoms with Crippen LogP contribution < -0.4 is 4.74 Å². The molecule has 144 valence electrons. The molecule has 0 N–H and O–H groups in total. The Morgan fingerprint density at radius 3 is 2.78 bits per heavy atom. The molecular weight excluding hydrogens is 346 g/mol. The van der Waals surface area contributed by atoms with Gasteiger partial charge in [0.2, 0.25) is 0 Å².